The van der Waals surface area contributed by atoms with Crippen molar-refractivity contribution in [3.05, 3.63) is 71.8 Å². The Labute approximate surface area is 101 Å². The standard InChI is InChI=1S/C16H12O/c1-2-5-13(6-3-1)9-10-14-7-4-8-15-11-12-17-16(14)15/h1-10H,11H2/b10-9+. The second-order valence-corrected chi connectivity index (χ2v) is 4.00. The van der Waals surface area contributed by atoms with Crippen LogP contribution in [0.4, 0.5) is 0 Å². The minimum absolute atomic E-state index is 0.780. The van der Waals surface area contributed by atoms with E-state index in [1.165, 1.54) is 11.1 Å². The fourth-order valence-corrected chi connectivity index (χ4v) is 1.94. The number of rotatable bonds is 2. The summed E-state index contributed by atoms with van der Waals surface area (Å²) in [4.78, 5) is 0. The zero-order chi connectivity index (χ0) is 11.5. The van der Waals surface area contributed by atoms with E-state index in [9.17, 15) is 0 Å². The highest BCUT2D eigenvalue weighted by molar-refractivity contribution is 5.73. The molecule has 1 heteroatoms. The normalized spacial score (nSPS) is 13.6. The predicted octanol–water partition coefficient (Wildman–Crippen LogP) is 3.83. The van der Waals surface area contributed by atoms with Crippen LogP contribution in [0.3, 0.4) is 0 Å². The first kappa shape index (κ1) is 10.2. The van der Waals surface area contributed by atoms with Gasteiger partial charge in [0.05, 0.1) is 0 Å². The first-order chi connectivity index (χ1) is 8.43. The van der Waals surface area contributed by atoms with Crippen molar-refractivity contribution >= 4 is 12.2 Å². The highest BCUT2D eigenvalue weighted by Gasteiger charge is 2.15. The van der Waals surface area contributed by atoms with Crippen LogP contribution in [0.25, 0.3) is 12.2 Å². The van der Waals surface area contributed by atoms with E-state index in [0.717, 1.165) is 17.7 Å². The quantitative estimate of drug-likeness (QED) is 0.699. The Hall–Kier alpha value is -2.02. The van der Waals surface area contributed by atoms with E-state index in [1.807, 2.05) is 18.2 Å². The SMILES string of the molecule is [C]1Cc2cccc(/C=C/c3ccccc3)c2O1. The van der Waals surface area contributed by atoms with Crippen LogP contribution < -0.4 is 4.74 Å². The number of fused-ring (bicyclic) bond motifs is 1. The smallest absolute Gasteiger partial charge is 0.201 e. The van der Waals surface area contributed by atoms with E-state index in [2.05, 4.69) is 49.1 Å². The molecule has 0 bridgehead atoms. The van der Waals surface area contributed by atoms with Crippen molar-refractivity contribution in [3.8, 4) is 5.75 Å². The number of benzene rings is 2. The van der Waals surface area contributed by atoms with Gasteiger partial charge in [-0.15, -0.1) is 0 Å². The van der Waals surface area contributed by atoms with Crippen LogP contribution in [0, 0.1) is 6.61 Å². The highest BCUT2D eigenvalue weighted by atomic mass is 16.5. The van der Waals surface area contributed by atoms with Crippen LogP contribution in [0.2, 0.25) is 0 Å². The molecule has 1 aliphatic heterocycles. The summed E-state index contributed by atoms with van der Waals surface area (Å²) >= 11 is 0. The largest absolute Gasteiger partial charge is 0.477 e. The van der Waals surface area contributed by atoms with Gasteiger partial charge < -0.3 is 4.74 Å². The van der Waals surface area contributed by atoms with Crippen molar-refractivity contribution in [3.63, 3.8) is 0 Å². The van der Waals surface area contributed by atoms with Gasteiger partial charge >= 0.3 is 0 Å². The van der Waals surface area contributed by atoms with Crippen molar-refractivity contribution in [2.24, 2.45) is 0 Å². The Balaban J connectivity index is 1.91. The van der Waals surface area contributed by atoms with Gasteiger partial charge in [-0.3, -0.25) is 0 Å². The third-order valence-electron chi connectivity index (χ3n) is 2.82. The van der Waals surface area contributed by atoms with Gasteiger partial charge in [-0.25, -0.2) is 0 Å². The molecule has 1 heterocycles. The molecule has 0 unspecified atom stereocenters. The lowest BCUT2D eigenvalue weighted by molar-refractivity contribution is 0.434. The molecule has 0 amide bonds. The third kappa shape index (κ3) is 2.09. The summed E-state index contributed by atoms with van der Waals surface area (Å²) in [6.45, 7) is 2.89. The van der Waals surface area contributed by atoms with Crippen molar-refractivity contribution in [2.45, 2.75) is 6.42 Å². The molecular formula is C16H12O. The van der Waals surface area contributed by atoms with Crippen LogP contribution in [0.1, 0.15) is 16.7 Å². The lowest BCUT2D eigenvalue weighted by Crippen LogP contribution is -1.82. The summed E-state index contributed by atoms with van der Waals surface area (Å²) < 4.78 is 5.42. The molecule has 82 valence electrons. The van der Waals surface area contributed by atoms with E-state index in [-0.39, 0.29) is 0 Å². The predicted molar refractivity (Wildman–Crippen MR) is 69.4 cm³/mol. The van der Waals surface area contributed by atoms with Gasteiger partial charge in [0.2, 0.25) is 6.61 Å². The van der Waals surface area contributed by atoms with Gasteiger partial charge in [0.25, 0.3) is 0 Å². The van der Waals surface area contributed by atoms with E-state index in [0.29, 0.717) is 0 Å². The topological polar surface area (TPSA) is 9.23 Å². The first-order valence-corrected chi connectivity index (χ1v) is 5.68. The highest BCUT2D eigenvalue weighted by Crippen LogP contribution is 2.32. The zero-order valence-corrected chi connectivity index (χ0v) is 9.39. The van der Waals surface area contributed by atoms with Crippen LogP contribution in [-0.2, 0) is 6.42 Å². The van der Waals surface area contributed by atoms with Crippen LogP contribution in [-0.4, -0.2) is 0 Å². The van der Waals surface area contributed by atoms with E-state index < -0.39 is 0 Å². The van der Waals surface area contributed by atoms with Crippen molar-refractivity contribution in [1.29, 1.82) is 0 Å². The molecule has 2 radical (unpaired) electrons. The summed E-state index contributed by atoms with van der Waals surface area (Å²) in [6.07, 6.45) is 4.96. The second kappa shape index (κ2) is 4.46. The minimum atomic E-state index is 0.780. The first-order valence-electron chi connectivity index (χ1n) is 5.68. The van der Waals surface area contributed by atoms with Crippen molar-refractivity contribution in [2.75, 3.05) is 0 Å². The molecule has 0 fully saturated rings. The maximum atomic E-state index is 5.42. The number of para-hydroxylation sites is 1. The minimum Gasteiger partial charge on any atom is -0.477 e. The van der Waals surface area contributed by atoms with E-state index in [1.54, 1.807) is 0 Å². The van der Waals surface area contributed by atoms with Gasteiger partial charge in [-0.05, 0) is 11.1 Å². The van der Waals surface area contributed by atoms with Gasteiger partial charge in [0.15, 0.2) is 0 Å². The Morgan fingerprint density at radius 2 is 1.82 bits per heavy atom. The summed E-state index contributed by atoms with van der Waals surface area (Å²) in [5, 5.41) is 0. The average molecular weight is 220 g/mol. The maximum absolute atomic E-state index is 5.42. The number of ether oxygens (including phenoxy) is 1. The lowest BCUT2D eigenvalue weighted by Gasteiger charge is -2.02. The van der Waals surface area contributed by atoms with Gasteiger partial charge in [0, 0.05) is 12.0 Å². The summed E-state index contributed by atoms with van der Waals surface area (Å²) in [5.41, 5.74) is 3.51. The van der Waals surface area contributed by atoms with E-state index >= 15 is 0 Å². The van der Waals surface area contributed by atoms with Crippen LogP contribution in [0.15, 0.2) is 48.5 Å². The molecule has 0 aliphatic carbocycles. The molecule has 1 nitrogen and oxygen atoms in total. The van der Waals surface area contributed by atoms with E-state index in [4.69, 9.17) is 4.74 Å². The molecule has 3 rings (SSSR count). The zero-order valence-electron chi connectivity index (χ0n) is 9.39. The summed E-state index contributed by atoms with van der Waals surface area (Å²) in [5.74, 6) is 0.944. The fraction of sp³-hybridized carbons (Fsp3) is 0.0625. The molecule has 0 saturated carbocycles. The van der Waals surface area contributed by atoms with Crippen LogP contribution >= 0.6 is 0 Å². The Morgan fingerprint density at radius 3 is 2.71 bits per heavy atom. The molecule has 17 heavy (non-hydrogen) atoms. The van der Waals surface area contributed by atoms with Gasteiger partial charge in [-0.1, -0.05) is 60.7 Å². The molecular weight excluding hydrogens is 208 g/mol. The average Bonchev–Trinajstić information content (AvgIpc) is 2.86. The Bertz CT molecular complexity index is 541. The Kier molecular flexibility index (Phi) is 2.66. The maximum Gasteiger partial charge on any atom is 0.201 e. The Morgan fingerprint density at radius 1 is 0.941 bits per heavy atom. The molecule has 0 N–H and O–H groups in total. The van der Waals surface area contributed by atoms with Gasteiger partial charge in [-0.2, -0.15) is 0 Å². The molecule has 2 aromatic rings. The summed E-state index contributed by atoms with van der Waals surface area (Å²) in [6, 6.07) is 16.4. The molecule has 0 aromatic heterocycles. The summed E-state index contributed by atoms with van der Waals surface area (Å²) in [7, 11) is 0. The molecule has 0 spiro atoms. The van der Waals surface area contributed by atoms with Gasteiger partial charge in [0.1, 0.15) is 5.75 Å². The monoisotopic (exact) mass is 220 g/mol. The number of hydrogen-bond donors (Lipinski definition) is 0. The second-order valence-electron chi connectivity index (χ2n) is 4.00. The van der Waals surface area contributed by atoms with Crippen molar-refractivity contribution in [1.82, 2.24) is 0 Å². The molecule has 2 aromatic carbocycles. The molecule has 0 saturated heterocycles. The third-order valence-corrected chi connectivity index (χ3v) is 2.82. The van der Waals surface area contributed by atoms with Crippen molar-refractivity contribution < 1.29 is 4.74 Å². The number of hydrogen-bond acceptors (Lipinski definition) is 1. The lowest BCUT2D eigenvalue weighted by atomic mass is 10.1. The fourth-order valence-electron chi connectivity index (χ4n) is 1.94. The molecule has 1 aliphatic rings. The molecule has 0 atom stereocenters. The van der Waals surface area contributed by atoms with Crippen LogP contribution in [0.5, 0.6) is 5.75 Å².